The summed E-state index contributed by atoms with van der Waals surface area (Å²) in [6.45, 7) is 8.39. The molecule has 0 saturated carbocycles. The Bertz CT molecular complexity index is 815. The van der Waals surface area contributed by atoms with Gasteiger partial charge in [0, 0.05) is 32.6 Å². The van der Waals surface area contributed by atoms with Crippen molar-refractivity contribution in [3.8, 4) is 5.75 Å². The Balaban J connectivity index is 1.45. The van der Waals surface area contributed by atoms with Gasteiger partial charge in [-0.1, -0.05) is 12.1 Å². The number of anilines is 1. The molecule has 2 heterocycles. The zero-order chi connectivity index (χ0) is 20.9. The molecule has 7 nitrogen and oxygen atoms in total. The minimum absolute atomic E-state index is 0.248. The van der Waals surface area contributed by atoms with E-state index in [1.165, 1.54) is 12.1 Å². The Labute approximate surface area is 170 Å². The van der Waals surface area contributed by atoms with E-state index in [1.807, 2.05) is 31.7 Å². The molecule has 0 unspecified atom stereocenters. The molecule has 156 valence electrons. The van der Waals surface area contributed by atoms with Crippen LogP contribution in [0.1, 0.15) is 26.3 Å². The van der Waals surface area contributed by atoms with Crippen LogP contribution in [0.25, 0.3) is 0 Å². The SMILES string of the molecule is CC(C)(C)OC(=O)N1CCN(c2ncc(OCCc3cccc(F)c3)cn2)CC1. The van der Waals surface area contributed by atoms with Gasteiger partial charge in [-0.15, -0.1) is 0 Å². The third-order valence-corrected chi connectivity index (χ3v) is 4.38. The molecule has 3 rings (SSSR count). The summed E-state index contributed by atoms with van der Waals surface area (Å²) < 4.78 is 24.2. The summed E-state index contributed by atoms with van der Waals surface area (Å²) in [5, 5.41) is 0. The van der Waals surface area contributed by atoms with Crippen LogP contribution in [0.2, 0.25) is 0 Å². The zero-order valence-electron chi connectivity index (χ0n) is 17.1. The Morgan fingerprint density at radius 1 is 1.14 bits per heavy atom. The molecule has 0 N–H and O–H groups in total. The molecule has 0 atom stereocenters. The average molecular weight is 402 g/mol. The van der Waals surface area contributed by atoms with Crippen molar-refractivity contribution >= 4 is 12.0 Å². The highest BCUT2D eigenvalue weighted by Gasteiger charge is 2.26. The lowest BCUT2D eigenvalue weighted by Crippen LogP contribution is -2.50. The van der Waals surface area contributed by atoms with Gasteiger partial charge in [-0.25, -0.2) is 19.2 Å². The standard InChI is InChI=1S/C21H27FN4O3/c1-21(2,3)29-20(27)26-10-8-25(9-11-26)19-23-14-18(15-24-19)28-12-7-16-5-4-6-17(22)13-16/h4-6,13-15H,7-12H2,1-3H3. The average Bonchev–Trinajstić information content (AvgIpc) is 2.67. The molecular weight excluding hydrogens is 375 g/mol. The molecule has 29 heavy (non-hydrogen) atoms. The van der Waals surface area contributed by atoms with Crippen molar-refractivity contribution in [3.63, 3.8) is 0 Å². The number of ether oxygens (including phenoxy) is 2. The maximum absolute atomic E-state index is 13.2. The second kappa shape index (κ2) is 9.07. The molecule has 1 aliphatic rings. The van der Waals surface area contributed by atoms with Crippen LogP contribution in [0.15, 0.2) is 36.7 Å². The lowest BCUT2D eigenvalue weighted by molar-refractivity contribution is 0.0240. The summed E-state index contributed by atoms with van der Waals surface area (Å²) in [6, 6.07) is 6.47. The molecular formula is C21H27FN4O3. The summed E-state index contributed by atoms with van der Waals surface area (Å²) in [7, 11) is 0. The summed E-state index contributed by atoms with van der Waals surface area (Å²) in [5.74, 6) is 0.922. The quantitative estimate of drug-likeness (QED) is 0.765. The summed E-state index contributed by atoms with van der Waals surface area (Å²) >= 11 is 0. The van der Waals surface area contributed by atoms with Gasteiger partial charge in [-0.05, 0) is 38.5 Å². The normalized spacial score (nSPS) is 14.6. The first-order valence-corrected chi connectivity index (χ1v) is 9.72. The highest BCUT2D eigenvalue weighted by molar-refractivity contribution is 5.68. The smallest absolute Gasteiger partial charge is 0.410 e. The molecule has 1 aromatic heterocycles. The minimum Gasteiger partial charge on any atom is -0.490 e. The van der Waals surface area contributed by atoms with E-state index in [9.17, 15) is 9.18 Å². The second-order valence-corrected chi connectivity index (χ2v) is 7.90. The van der Waals surface area contributed by atoms with Gasteiger partial charge in [0.1, 0.15) is 11.4 Å². The van der Waals surface area contributed by atoms with Crippen molar-refractivity contribution in [2.24, 2.45) is 0 Å². The third kappa shape index (κ3) is 6.30. The molecule has 2 aromatic rings. The monoisotopic (exact) mass is 402 g/mol. The predicted molar refractivity (Wildman–Crippen MR) is 108 cm³/mol. The van der Waals surface area contributed by atoms with Crippen molar-refractivity contribution in [1.29, 1.82) is 0 Å². The second-order valence-electron chi connectivity index (χ2n) is 7.90. The number of hydrogen-bond acceptors (Lipinski definition) is 6. The van der Waals surface area contributed by atoms with Crippen LogP contribution in [-0.4, -0.2) is 59.3 Å². The number of halogens is 1. The number of nitrogens with zero attached hydrogens (tertiary/aromatic N) is 4. The van der Waals surface area contributed by atoms with Crippen LogP contribution in [0.3, 0.4) is 0 Å². The van der Waals surface area contributed by atoms with E-state index in [0.29, 0.717) is 50.9 Å². The van der Waals surface area contributed by atoms with E-state index in [4.69, 9.17) is 9.47 Å². The Morgan fingerprint density at radius 3 is 2.45 bits per heavy atom. The van der Waals surface area contributed by atoms with Crippen molar-refractivity contribution in [2.45, 2.75) is 32.8 Å². The number of carbonyl (C=O) groups is 1. The largest absolute Gasteiger partial charge is 0.490 e. The molecule has 0 spiro atoms. The Morgan fingerprint density at radius 2 is 1.83 bits per heavy atom. The van der Waals surface area contributed by atoms with Crippen LogP contribution in [0, 0.1) is 5.82 Å². The lowest BCUT2D eigenvalue weighted by atomic mass is 10.2. The molecule has 1 aromatic carbocycles. The maximum Gasteiger partial charge on any atom is 0.410 e. The number of hydrogen-bond donors (Lipinski definition) is 0. The van der Waals surface area contributed by atoms with E-state index in [1.54, 1.807) is 23.4 Å². The van der Waals surface area contributed by atoms with Crippen molar-refractivity contribution in [1.82, 2.24) is 14.9 Å². The number of carbonyl (C=O) groups excluding carboxylic acids is 1. The summed E-state index contributed by atoms with van der Waals surface area (Å²) in [4.78, 5) is 24.6. The van der Waals surface area contributed by atoms with Gasteiger partial charge >= 0.3 is 6.09 Å². The highest BCUT2D eigenvalue weighted by Crippen LogP contribution is 2.16. The number of aromatic nitrogens is 2. The topological polar surface area (TPSA) is 67.8 Å². The number of piperazine rings is 1. The van der Waals surface area contributed by atoms with Gasteiger partial charge in [0.15, 0.2) is 5.75 Å². The van der Waals surface area contributed by atoms with Gasteiger partial charge in [-0.3, -0.25) is 0 Å². The zero-order valence-corrected chi connectivity index (χ0v) is 17.1. The van der Waals surface area contributed by atoms with Gasteiger partial charge in [-0.2, -0.15) is 0 Å². The number of benzene rings is 1. The first-order chi connectivity index (χ1) is 13.8. The van der Waals surface area contributed by atoms with Crippen LogP contribution in [-0.2, 0) is 11.2 Å². The molecule has 1 fully saturated rings. The third-order valence-electron chi connectivity index (χ3n) is 4.38. The van der Waals surface area contributed by atoms with Gasteiger partial charge in [0.05, 0.1) is 19.0 Å². The first kappa shape index (κ1) is 20.8. The molecule has 1 saturated heterocycles. The Kier molecular flexibility index (Phi) is 6.51. The molecule has 1 aliphatic heterocycles. The van der Waals surface area contributed by atoms with E-state index in [-0.39, 0.29) is 11.9 Å². The van der Waals surface area contributed by atoms with E-state index < -0.39 is 5.60 Å². The fraction of sp³-hybridized carbons (Fsp3) is 0.476. The van der Waals surface area contributed by atoms with Crippen LogP contribution < -0.4 is 9.64 Å². The lowest BCUT2D eigenvalue weighted by Gasteiger charge is -2.35. The number of amides is 1. The van der Waals surface area contributed by atoms with Crippen LogP contribution in [0.5, 0.6) is 5.75 Å². The fourth-order valence-electron chi connectivity index (χ4n) is 2.94. The van der Waals surface area contributed by atoms with Crippen molar-refractivity contribution in [3.05, 3.63) is 48.0 Å². The van der Waals surface area contributed by atoms with E-state index in [0.717, 1.165) is 5.56 Å². The Hall–Kier alpha value is -2.90. The molecule has 8 heteroatoms. The van der Waals surface area contributed by atoms with Crippen molar-refractivity contribution < 1.29 is 18.7 Å². The first-order valence-electron chi connectivity index (χ1n) is 9.72. The van der Waals surface area contributed by atoms with Gasteiger partial charge < -0.3 is 19.3 Å². The number of rotatable bonds is 5. The minimum atomic E-state index is -0.498. The van der Waals surface area contributed by atoms with Crippen LogP contribution >= 0.6 is 0 Å². The fourth-order valence-corrected chi connectivity index (χ4v) is 2.94. The summed E-state index contributed by atoms with van der Waals surface area (Å²) in [6.07, 6.45) is 3.58. The summed E-state index contributed by atoms with van der Waals surface area (Å²) in [5.41, 5.74) is 0.382. The van der Waals surface area contributed by atoms with Gasteiger partial charge in [0.25, 0.3) is 0 Å². The van der Waals surface area contributed by atoms with E-state index >= 15 is 0 Å². The molecule has 0 radical (unpaired) electrons. The highest BCUT2D eigenvalue weighted by atomic mass is 19.1. The molecule has 1 amide bonds. The maximum atomic E-state index is 13.2. The predicted octanol–water partition coefficient (Wildman–Crippen LogP) is 3.29. The van der Waals surface area contributed by atoms with Gasteiger partial charge in [0.2, 0.25) is 5.95 Å². The van der Waals surface area contributed by atoms with Crippen molar-refractivity contribution in [2.75, 3.05) is 37.7 Å². The molecule has 0 aliphatic carbocycles. The van der Waals surface area contributed by atoms with E-state index in [2.05, 4.69) is 9.97 Å². The van der Waals surface area contributed by atoms with Crippen LogP contribution in [0.4, 0.5) is 15.1 Å². The molecule has 0 bridgehead atoms.